The lowest BCUT2D eigenvalue weighted by molar-refractivity contribution is -0.140. The first kappa shape index (κ1) is 14.8. The normalized spacial score (nSPS) is 11.4. The number of benzene rings is 1. The van der Waals surface area contributed by atoms with Gasteiger partial charge < -0.3 is 21.5 Å². The highest BCUT2D eigenvalue weighted by Gasteiger charge is 2.22. The van der Waals surface area contributed by atoms with Gasteiger partial charge in [-0.05, 0) is 12.1 Å². The number of halogens is 1. The van der Waals surface area contributed by atoms with Crippen LogP contribution in [0.5, 0.6) is 0 Å². The lowest BCUT2D eigenvalue weighted by Crippen LogP contribution is -2.45. The summed E-state index contributed by atoms with van der Waals surface area (Å²) in [4.78, 5) is 33.1. The molecule has 0 radical (unpaired) electrons. The van der Waals surface area contributed by atoms with Crippen molar-refractivity contribution >= 4 is 35.2 Å². The van der Waals surface area contributed by atoms with Crippen molar-refractivity contribution in [3.63, 3.8) is 0 Å². The molecule has 3 amide bonds. The molecule has 0 saturated heterocycles. The molecule has 5 N–H and O–H groups in total. The molecular formula is C11H12ClN3O4. The lowest BCUT2D eigenvalue weighted by atomic mass is 10.2. The first-order valence-corrected chi connectivity index (χ1v) is 5.61. The fourth-order valence-electron chi connectivity index (χ4n) is 1.28. The van der Waals surface area contributed by atoms with Crippen molar-refractivity contribution in [2.24, 2.45) is 5.73 Å². The van der Waals surface area contributed by atoms with Crippen LogP contribution in [0.4, 0.5) is 10.5 Å². The van der Waals surface area contributed by atoms with Crippen molar-refractivity contribution < 1.29 is 19.5 Å². The standard InChI is InChI=1S/C11H12ClN3O4/c12-6-3-1-2-4-7(6)14-11(19)15-8(10(17)18)5-9(13)16/h1-4,8H,5H2,(H2,13,16)(H,17,18)(H2,14,15,19)/t8-/m1/s1. The summed E-state index contributed by atoms with van der Waals surface area (Å²) in [5.74, 6) is -2.18. The summed E-state index contributed by atoms with van der Waals surface area (Å²) in [6.45, 7) is 0. The first-order valence-electron chi connectivity index (χ1n) is 5.23. The molecule has 1 rings (SSSR count). The molecule has 8 heteroatoms. The number of carboxylic acids is 1. The molecular weight excluding hydrogens is 274 g/mol. The van der Waals surface area contributed by atoms with Gasteiger partial charge in [0, 0.05) is 0 Å². The Balaban J connectivity index is 2.65. The van der Waals surface area contributed by atoms with Gasteiger partial charge in [-0.1, -0.05) is 23.7 Å². The molecule has 0 spiro atoms. The average Bonchev–Trinajstić information content (AvgIpc) is 2.30. The number of anilines is 1. The zero-order valence-corrected chi connectivity index (χ0v) is 10.5. The van der Waals surface area contributed by atoms with Crippen LogP contribution in [0.1, 0.15) is 6.42 Å². The van der Waals surface area contributed by atoms with Gasteiger partial charge in [0.05, 0.1) is 17.1 Å². The Morgan fingerprint density at radius 3 is 2.47 bits per heavy atom. The van der Waals surface area contributed by atoms with Crippen LogP contribution in [0.25, 0.3) is 0 Å². The summed E-state index contributed by atoms with van der Waals surface area (Å²) in [5, 5.41) is 13.6. The van der Waals surface area contributed by atoms with E-state index in [9.17, 15) is 14.4 Å². The van der Waals surface area contributed by atoms with Crippen LogP contribution in [0.3, 0.4) is 0 Å². The third-order valence-corrected chi connectivity index (χ3v) is 2.46. The maximum Gasteiger partial charge on any atom is 0.326 e. The number of carboxylic acid groups (broad SMARTS) is 1. The number of primary amides is 1. The molecule has 0 aliphatic rings. The largest absolute Gasteiger partial charge is 0.480 e. The molecule has 0 heterocycles. The molecule has 0 unspecified atom stereocenters. The third-order valence-electron chi connectivity index (χ3n) is 2.13. The second-order valence-electron chi connectivity index (χ2n) is 3.64. The van der Waals surface area contributed by atoms with E-state index in [-0.39, 0.29) is 0 Å². The molecule has 0 fully saturated rings. The maximum absolute atomic E-state index is 11.6. The smallest absolute Gasteiger partial charge is 0.326 e. The summed E-state index contributed by atoms with van der Waals surface area (Å²) in [5.41, 5.74) is 5.21. The maximum atomic E-state index is 11.6. The highest BCUT2D eigenvalue weighted by molar-refractivity contribution is 6.33. The van der Waals surface area contributed by atoms with Gasteiger partial charge >= 0.3 is 12.0 Å². The van der Waals surface area contributed by atoms with Crippen molar-refractivity contribution in [2.45, 2.75) is 12.5 Å². The Hall–Kier alpha value is -2.28. The van der Waals surface area contributed by atoms with E-state index in [2.05, 4.69) is 10.6 Å². The van der Waals surface area contributed by atoms with Gasteiger partial charge in [-0.15, -0.1) is 0 Å². The topological polar surface area (TPSA) is 122 Å². The number of rotatable bonds is 5. The highest BCUT2D eigenvalue weighted by Crippen LogP contribution is 2.20. The van der Waals surface area contributed by atoms with Crippen LogP contribution >= 0.6 is 11.6 Å². The lowest BCUT2D eigenvalue weighted by Gasteiger charge is -2.14. The number of urea groups is 1. The number of hydrogen-bond donors (Lipinski definition) is 4. The molecule has 102 valence electrons. The molecule has 1 atom stereocenters. The van der Waals surface area contributed by atoms with Gasteiger partial charge in [0.1, 0.15) is 6.04 Å². The van der Waals surface area contributed by atoms with Crippen LogP contribution in [0.2, 0.25) is 5.02 Å². The number of nitrogens with one attached hydrogen (secondary N) is 2. The van der Waals surface area contributed by atoms with Gasteiger partial charge in [-0.2, -0.15) is 0 Å². The number of carbonyl (C=O) groups is 3. The number of para-hydroxylation sites is 1. The molecule has 0 aliphatic carbocycles. The Bertz CT molecular complexity index is 506. The van der Waals surface area contributed by atoms with Crippen molar-refractivity contribution in [3.8, 4) is 0 Å². The summed E-state index contributed by atoms with van der Waals surface area (Å²) in [6, 6.07) is 4.26. The molecule has 0 saturated carbocycles. The van der Waals surface area contributed by atoms with Gasteiger partial charge in [0.25, 0.3) is 0 Å². The highest BCUT2D eigenvalue weighted by atomic mass is 35.5. The van der Waals surface area contributed by atoms with E-state index < -0.39 is 30.4 Å². The van der Waals surface area contributed by atoms with Crippen LogP contribution in [0, 0.1) is 0 Å². The third kappa shape index (κ3) is 4.84. The van der Waals surface area contributed by atoms with E-state index in [0.29, 0.717) is 10.7 Å². The Labute approximate surface area is 113 Å². The van der Waals surface area contributed by atoms with Gasteiger partial charge in [0.15, 0.2) is 0 Å². The Morgan fingerprint density at radius 1 is 1.32 bits per heavy atom. The van der Waals surface area contributed by atoms with Crippen molar-refractivity contribution in [3.05, 3.63) is 29.3 Å². The molecule has 1 aromatic rings. The second kappa shape index (κ2) is 6.60. The molecule has 0 aromatic heterocycles. The number of carbonyl (C=O) groups excluding carboxylic acids is 2. The van der Waals surface area contributed by atoms with Crippen LogP contribution < -0.4 is 16.4 Å². The minimum atomic E-state index is -1.39. The Kier molecular flexibility index (Phi) is 5.13. The van der Waals surface area contributed by atoms with Crippen LogP contribution in [-0.2, 0) is 9.59 Å². The predicted molar refractivity (Wildman–Crippen MR) is 68.8 cm³/mol. The van der Waals surface area contributed by atoms with Crippen molar-refractivity contribution in [2.75, 3.05) is 5.32 Å². The number of nitrogens with two attached hydrogens (primary N) is 1. The molecule has 7 nitrogen and oxygen atoms in total. The van der Waals surface area contributed by atoms with E-state index in [0.717, 1.165) is 0 Å². The molecule has 0 aliphatic heterocycles. The monoisotopic (exact) mass is 285 g/mol. The summed E-state index contributed by atoms with van der Waals surface area (Å²) >= 11 is 5.82. The van der Waals surface area contributed by atoms with E-state index >= 15 is 0 Å². The average molecular weight is 286 g/mol. The minimum Gasteiger partial charge on any atom is -0.480 e. The first-order chi connectivity index (χ1) is 8.90. The van der Waals surface area contributed by atoms with E-state index in [4.69, 9.17) is 22.4 Å². The SMILES string of the molecule is NC(=O)C[C@@H](NC(=O)Nc1ccccc1Cl)C(=O)O. The Morgan fingerprint density at radius 2 is 1.95 bits per heavy atom. The van der Waals surface area contributed by atoms with Gasteiger partial charge in [0.2, 0.25) is 5.91 Å². The zero-order valence-electron chi connectivity index (χ0n) is 9.72. The summed E-state index contributed by atoms with van der Waals surface area (Å²) in [7, 11) is 0. The predicted octanol–water partition coefficient (Wildman–Crippen LogP) is 0.790. The van der Waals surface area contributed by atoms with E-state index in [1.165, 1.54) is 0 Å². The van der Waals surface area contributed by atoms with E-state index in [1.54, 1.807) is 24.3 Å². The van der Waals surface area contributed by atoms with E-state index in [1.807, 2.05) is 0 Å². The minimum absolute atomic E-state index is 0.305. The number of hydrogen-bond acceptors (Lipinski definition) is 3. The van der Waals surface area contributed by atoms with Gasteiger partial charge in [-0.25, -0.2) is 9.59 Å². The fourth-order valence-corrected chi connectivity index (χ4v) is 1.46. The molecule has 1 aromatic carbocycles. The molecule has 0 bridgehead atoms. The quantitative estimate of drug-likeness (QED) is 0.639. The molecule has 19 heavy (non-hydrogen) atoms. The van der Waals surface area contributed by atoms with Gasteiger partial charge in [-0.3, -0.25) is 4.79 Å². The second-order valence-corrected chi connectivity index (χ2v) is 4.05. The van der Waals surface area contributed by atoms with Crippen LogP contribution in [0.15, 0.2) is 24.3 Å². The fraction of sp³-hybridized carbons (Fsp3) is 0.182. The summed E-state index contributed by atoms with van der Waals surface area (Å²) in [6.07, 6.45) is -0.495. The number of aliphatic carboxylic acids is 1. The number of amides is 3. The van der Waals surface area contributed by atoms with Crippen molar-refractivity contribution in [1.82, 2.24) is 5.32 Å². The summed E-state index contributed by atoms with van der Waals surface area (Å²) < 4.78 is 0. The van der Waals surface area contributed by atoms with Crippen molar-refractivity contribution in [1.29, 1.82) is 0 Å². The zero-order chi connectivity index (χ0) is 14.4. The van der Waals surface area contributed by atoms with Crippen LogP contribution in [-0.4, -0.2) is 29.1 Å².